The molecule has 1 fully saturated rings. The zero-order valence-electron chi connectivity index (χ0n) is 14.8. The Morgan fingerprint density at radius 3 is 2.68 bits per heavy atom. The number of rotatable bonds is 6. The van der Waals surface area contributed by atoms with E-state index in [0.29, 0.717) is 27.2 Å². The Balaban J connectivity index is 1.72. The molecule has 2 aromatic rings. The first-order valence-electron chi connectivity index (χ1n) is 8.37. The number of imide groups is 1. The van der Waals surface area contributed by atoms with Crippen LogP contribution in [0.15, 0.2) is 51.8 Å². The summed E-state index contributed by atoms with van der Waals surface area (Å²) in [4.78, 5) is 36.5. The van der Waals surface area contributed by atoms with Gasteiger partial charge in [-0.25, -0.2) is 0 Å². The van der Waals surface area contributed by atoms with Crippen LogP contribution in [-0.4, -0.2) is 28.6 Å². The Bertz CT molecular complexity index is 988. The summed E-state index contributed by atoms with van der Waals surface area (Å²) in [6.45, 7) is 2.29. The van der Waals surface area contributed by atoms with E-state index < -0.39 is 5.97 Å². The molecule has 0 spiro atoms. The van der Waals surface area contributed by atoms with Gasteiger partial charge in [-0.2, -0.15) is 0 Å². The number of aromatic carboxylic acids is 1. The van der Waals surface area contributed by atoms with Crippen LogP contribution in [0, 0.1) is 0 Å². The van der Waals surface area contributed by atoms with Gasteiger partial charge in [0, 0.05) is 6.54 Å². The van der Waals surface area contributed by atoms with Crippen molar-refractivity contribution in [3.8, 4) is 5.75 Å². The molecule has 0 N–H and O–H groups in total. The van der Waals surface area contributed by atoms with Crippen LogP contribution in [0.2, 0.25) is 0 Å². The third-order valence-electron chi connectivity index (χ3n) is 4.00. The number of nitrogens with zero attached hydrogens (tertiary/aromatic N) is 1. The highest BCUT2D eigenvalue weighted by molar-refractivity contribution is 9.10. The molecule has 0 atom stereocenters. The molecule has 8 heteroatoms. The summed E-state index contributed by atoms with van der Waals surface area (Å²) >= 11 is 4.35. The Labute approximate surface area is 174 Å². The first kappa shape index (κ1) is 20.2. The largest absolute Gasteiger partial charge is 0.545 e. The van der Waals surface area contributed by atoms with Gasteiger partial charge in [0.05, 0.1) is 15.3 Å². The molecule has 1 aliphatic heterocycles. The molecule has 0 aliphatic carbocycles. The highest BCUT2D eigenvalue weighted by Crippen LogP contribution is 2.33. The number of carboxylic acid groups (broad SMARTS) is 1. The van der Waals surface area contributed by atoms with Gasteiger partial charge in [0.1, 0.15) is 12.4 Å². The Morgan fingerprint density at radius 2 is 2.04 bits per heavy atom. The van der Waals surface area contributed by atoms with Crippen molar-refractivity contribution >= 4 is 50.9 Å². The number of carboxylic acids is 1. The SMILES string of the molecule is CCN1C(=O)S/C(=C/c2ccc(OCc3cccc(C(=O)[O-])c3)c(Br)c2)C1=O. The lowest BCUT2D eigenvalue weighted by molar-refractivity contribution is -0.255. The van der Waals surface area contributed by atoms with Crippen molar-refractivity contribution in [2.75, 3.05) is 6.54 Å². The van der Waals surface area contributed by atoms with Crippen LogP contribution < -0.4 is 9.84 Å². The number of thioether (sulfide) groups is 1. The van der Waals surface area contributed by atoms with E-state index in [-0.39, 0.29) is 23.3 Å². The van der Waals surface area contributed by atoms with Crippen molar-refractivity contribution in [2.24, 2.45) is 0 Å². The smallest absolute Gasteiger partial charge is 0.293 e. The van der Waals surface area contributed by atoms with Gasteiger partial charge >= 0.3 is 0 Å². The van der Waals surface area contributed by atoms with Gasteiger partial charge in [-0.05, 0) is 75.6 Å². The van der Waals surface area contributed by atoms with Gasteiger partial charge in [0.25, 0.3) is 11.1 Å². The minimum atomic E-state index is -1.24. The van der Waals surface area contributed by atoms with Crippen molar-refractivity contribution in [3.05, 3.63) is 68.5 Å². The topological polar surface area (TPSA) is 86.7 Å². The van der Waals surface area contributed by atoms with E-state index in [9.17, 15) is 19.5 Å². The fourth-order valence-electron chi connectivity index (χ4n) is 2.60. The summed E-state index contributed by atoms with van der Waals surface area (Å²) in [5, 5.41) is 10.7. The van der Waals surface area contributed by atoms with Crippen LogP contribution in [0.1, 0.15) is 28.4 Å². The maximum absolute atomic E-state index is 12.2. The molecule has 0 bridgehead atoms. The zero-order valence-corrected chi connectivity index (χ0v) is 17.2. The summed E-state index contributed by atoms with van der Waals surface area (Å²) in [7, 11) is 0. The second-order valence-electron chi connectivity index (χ2n) is 5.89. The standard InChI is InChI=1S/C20H16BrNO5S/c1-2-22-18(23)17(28-20(22)26)10-12-6-7-16(15(21)9-12)27-11-13-4-3-5-14(8-13)19(24)25/h3-10H,2,11H2,1H3,(H,24,25)/p-1/b17-10+. The van der Waals surface area contributed by atoms with Crippen LogP contribution in [-0.2, 0) is 11.4 Å². The summed E-state index contributed by atoms with van der Waals surface area (Å²) in [6, 6.07) is 11.7. The number of amides is 2. The number of hydrogen-bond acceptors (Lipinski definition) is 6. The zero-order chi connectivity index (χ0) is 20.3. The third kappa shape index (κ3) is 4.45. The average Bonchev–Trinajstić information content (AvgIpc) is 2.94. The van der Waals surface area contributed by atoms with E-state index in [1.54, 1.807) is 43.3 Å². The molecule has 6 nitrogen and oxygen atoms in total. The Kier molecular flexibility index (Phi) is 6.21. The molecule has 1 saturated heterocycles. The predicted octanol–water partition coefficient (Wildman–Crippen LogP) is 3.45. The minimum Gasteiger partial charge on any atom is -0.545 e. The summed E-state index contributed by atoms with van der Waals surface area (Å²) < 4.78 is 6.41. The molecule has 3 rings (SSSR count). The highest BCUT2D eigenvalue weighted by atomic mass is 79.9. The molecular formula is C20H15BrNO5S-. The van der Waals surface area contributed by atoms with Crippen molar-refractivity contribution in [3.63, 3.8) is 0 Å². The quantitative estimate of drug-likeness (QED) is 0.613. The fraction of sp³-hybridized carbons (Fsp3) is 0.150. The fourth-order valence-corrected chi connectivity index (χ4v) is 4.01. The van der Waals surface area contributed by atoms with Crippen LogP contribution in [0.5, 0.6) is 5.75 Å². The lowest BCUT2D eigenvalue weighted by Gasteiger charge is -2.10. The molecule has 28 heavy (non-hydrogen) atoms. The number of carbonyl (C=O) groups excluding carboxylic acids is 3. The van der Waals surface area contributed by atoms with Crippen LogP contribution in [0.3, 0.4) is 0 Å². The van der Waals surface area contributed by atoms with Gasteiger partial charge < -0.3 is 14.6 Å². The highest BCUT2D eigenvalue weighted by Gasteiger charge is 2.33. The Morgan fingerprint density at radius 1 is 1.25 bits per heavy atom. The molecular weight excluding hydrogens is 446 g/mol. The van der Waals surface area contributed by atoms with E-state index in [2.05, 4.69) is 15.9 Å². The van der Waals surface area contributed by atoms with Crippen LogP contribution in [0.4, 0.5) is 4.79 Å². The monoisotopic (exact) mass is 460 g/mol. The summed E-state index contributed by atoms with van der Waals surface area (Å²) in [6.07, 6.45) is 1.67. The van der Waals surface area contributed by atoms with E-state index >= 15 is 0 Å². The lowest BCUT2D eigenvalue weighted by Crippen LogP contribution is -2.27. The van der Waals surface area contributed by atoms with Crippen molar-refractivity contribution in [1.29, 1.82) is 0 Å². The molecule has 1 aliphatic rings. The maximum atomic E-state index is 12.2. The van der Waals surface area contributed by atoms with Gasteiger partial charge in [0.15, 0.2) is 0 Å². The normalized spacial score (nSPS) is 15.4. The van der Waals surface area contributed by atoms with E-state index in [0.717, 1.165) is 17.3 Å². The van der Waals surface area contributed by atoms with Gasteiger partial charge in [-0.3, -0.25) is 14.5 Å². The van der Waals surface area contributed by atoms with Gasteiger partial charge in [0.2, 0.25) is 0 Å². The lowest BCUT2D eigenvalue weighted by atomic mass is 10.1. The second-order valence-corrected chi connectivity index (χ2v) is 7.74. The average molecular weight is 461 g/mol. The number of carbonyl (C=O) groups is 3. The minimum absolute atomic E-state index is 0.0940. The predicted molar refractivity (Wildman–Crippen MR) is 108 cm³/mol. The maximum Gasteiger partial charge on any atom is 0.293 e. The number of benzene rings is 2. The van der Waals surface area contributed by atoms with Crippen LogP contribution in [0.25, 0.3) is 6.08 Å². The van der Waals surface area contributed by atoms with E-state index in [1.165, 1.54) is 17.0 Å². The van der Waals surface area contributed by atoms with Crippen molar-refractivity contribution in [1.82, 2.24) is 4.90 Å². The summed E-state index contributed by atoms with van der Waals surface area (Å²) in [5.41, 5.74) is 1.54. The molecule has 0 aromatic heterocycles. The molecule has 0 unspecified atom stereocenters. The van der Waals surface area contributed by atoms with Crippen molar-refractivity contribution < 1.29 is 24.2 Å². The first-order valence-corrected chi connectivity index (χ1v) is 9.98. The van der Waals surface area contributed by atoms with Crippen molar-refractivity contribution in [2.45, 2.75) is 13.5 Å². The molecule has 144 valence electrons. The third-order valence-corrected chi connectivity index (χ3v) is 5.53. The molecule has 1 heterocycles. The van der Waals surface area contributed by atoms with Crippen LogP contribution >= 0.6 is 27.7 Å². The number of halogens is 1. The summed E-state index contributed by atoms with van der Waals surface area (Å²) in [5.74, 6) is -0.959. The molecule has 0 saturated carbocycles. The number of likely N-dealkylation sites (N-methyl/N-ethyl adjacent to an activating group) is 1. The molecule has 2 aromatic carbocycles. The second kappa shape index (κ2) is 8.62. The molecule has 2 amide bonds. The Hall–Kier alpha value is -2.58. The number of ether oxygens (including phenoxy) is 1. The van der Waals surface area contributed by atoms with Gasteiger partial charge in [-0.1, -0.05) is 24.3 Å². The first-order chi connectivity index (χ1) is 13.4. The molecule has 0 radical (unpaired) electrons. The van der Waals surface area contributed by atoms with E-state index in [4.69, 9.17) is 4.74 Å². The van der Waals surface area contributed by atoms with Gasteiger partial charge in [-0.15, -0.1) is 0 Å². The number of hydrogen-bond donors (Lipinski definition) is 0. The van der Waals surface area contributed by atoms with E-state index in [1.807, 2.05) is 0 Å².